The number of hydrogen-bond donors (Lipinski definition) is 2. The highest BCUT2D eigenvalue weighted by atomic mass is 31.2. The molecule has 4 heteroatoms. The van der Waals surface area contributed by atoms with Crippen molar-refractivity contribution in [2.45, 2.75) is 12.2 Å². The van der Waals surface area contributed by atoms with Crippen LogP contribution in [0.15, 0.2) is 60.7 Å². The first kappa shape index (κ1) is 13.0. The van der Waals surface area contributed by atoms with Gasteiger partial charge in [0, 0.05) is 5.30 Å². The summed E-state index contributed by atoms with van der Waals surface area (Å²) in [6.07, 6.45) is 0.392. The summed E-state index contributed by atoms with van der Waals surface area (Å²) in [6, 6.07) is 18.1. The van der Waals surface area contributed by atoms with Crippen molar-refractivity contribution >= 4 is 12.7 Å². The maximum Gasteiger partial charge on any atom is 0.246 e. The molecule has 3 N–H and O–H groups in total. The van der Waals surface area contributed by atoms with Gasteiger partial charge in [0.1, 0.15) is 0 Å². The van der Waals surface area contributed by atoms with Gasteiger partial charge in [0.05, 0.1) is 5.78 Å². The summed E-state index contributed by atoms with van der Waals surface area (Å²) in [4.78, 5) is 10.1. The minimum atomic E-state index is -3.52. The number of nitrogens with two attached hydrogens (primary N) is 1. The lowest BCUT2D eigenvalue weighted by atomic mass is 10.1. The van der Waals surface area contributed by atoms with Gasteiger partial charge < -0.3 is 10.6 Å². The van der Waals surface area contributed by atoms with Gasteiger partial charge in [-0.25, -0.2) is 0 Å². The monoisotopic (exact) mass is 261 g/mol. The van der Waals surface area contributed by atoms with Crippen LogP contribution in [-0.2, 0) is 11.0 Å². The van der Waals surface area contributed by atoms with Crippen LogP contribution in [0.5, 0.6) is 0 Å². The summed E-state index contributed by atoms with van der Waals surface area (Å²) >= 11 is 0. The maximum atomic E-state index is 12.4. The normalized spacial score (nSPS) is 15.9. The van der Waals surface area contributed by atoms with E-state index >= 15 is 0 Å². The van der Waals surface area contributed by atoms with E-state index in [-0.39, 0.29) is 0 Å². The standard InChI is InChI=1S/C14H16NO2P/c15-14(11-12-7-3-1-4-8-12)18(16,17)13-9-5-2-6-10-13/h1-10,14H,11,15H2,(H,16,17). The molecule has 2 aromatic carbocycles. The second-order valence-corrected chi connectivity index (χ2v) is 6.64. The zero-order chi connectivity index (χ0) is 13.0. The minimum Gasteiger partial charge on any atom is -0.340 e. The Bertz CT molecular complexity index is 542. The van der Waals surface area contributed by atoms with E-state index in [2.05, 4.69) is 0 Å². The van der Waals surface area contributed by atoms with Gasteiger partial charge in [0.25, 0.3) is 0 Å². The molecule has 0 saturated heterocycles. The predicted molar refractivity (Wildman–Crippen MR) is 74.0 cm³/mol. The molecule has 0 aliphatic carbocycles. The summed E-state index contributed by atoms with van der Waals surface area (Å²) in [6.45, 7) is 0. The van der Waals surface area contributed by atoms with Gasteiger partial charge in [-0.2, -0.15) is 0 Å². The van der Waals surface area contributed by atoms with Crippen LogP contribution in [0.3, 0.4) is 0 Å². The zero-order valence-corrected chi connectivity index (χ0v) is 10.8. The summed E-state index contributed by atoms with van der Waals surface area (Å²) in [5, 5.41) is 0.411. The summed E-state index contributed by atoms with van der Waals surface area (Å²) in [7, 11) is -3.52. The van der Waals surface area contributed by atoms with Crippen molar-refractivity contribution in [2.75, 3.05) is 0 Å². The molecule has 2 atom stereocenters. The third kappa shape index (κ3) is 2.88. The van der Waals surface area contributed by atoms with E-state index in [0.29, 0.717) is 11.7 Å². The van der Waals surface area contributed by atoms with Crippen LogP contribution in [0.4, 0.5) is 0 Å². The molecule has 0 amide bonds. The molecule has 2 unspecified atom stereocenters. The van der Waals surface area contributed by atoms with E-state index in [0.717, 1.165) is 5.56 Å². The Morgan fingerprint density at radius 1 is 1.00 bits per heavy atom. The molecule has 0 heterocycles. The SMILES string of the molecule is NC(Cc1ccccc1)P(=O)(O)c1ccccc1. The highest BCUT2D eigenvalue weighted by Gasteiger charge is 2.29. The third-order valence-electron chi connectivity index (χ3n) is 2.86. The zero-order valence-electron chi connectivity index (χ0n) is 9.94. The van der Waals surface area contributed by atoms with Crippen molar-refractivity contribution in [1.29, 1.82) is 0 Å². The molecule has 0 spiro atoms. The van der Waals surface area contributed by atoms with Gasteiger partial charge in [0.15, 0.2) is 0 Å². The van der Waals surface area contributed by atoms with Gasteiger partial charge in [0.2, 0.25) is 7.37 Å². The second kappa shape index (κ2) is 5.49. The average Bonchev–Trinajstić information content (AvgIpc) is 2.41. The van der Waals surface area contributed by atoms with E-state index in [1.54, 1.807) is 24.3 Å². The smallest absolute Gasteiger partial charge is 0.246 e. The topological polar surface area (TPSA) is 63.3 Å². The van der Waals surface area contributed by atoms with Crippen LogP contribution >= 0.6 is 7.37 Å². The molecular weight excluding hydrogens is 245 g/mol. The first-order valence-corrected chi connectivity index (χ1v) is 7.51. The molecule has 2 aromatic rings. The lowest BCUT2D eigenvalue weighted by Gasteiger charge is -2.19. The quantitative estimate of drug-likeness (QED) is 0.828. The average molecular weight is 261 g/mol. The summed E-state index contributed by atoms with van der Waals surface area (Å²) in [5.74, 6) is -0.776. The first-order valence-electron chi connectivity index (χ1n) is 5.78. The lowest BCUT2D eigenvalue weighted by molar-refractivity contribution is 0.474. The van der Waals surface area contributed by atoms with E-state index < -0.39 is 13.2 Å². The van der Waals surface area contributed by atoms with Crippen LogP contribution < -0.4 is 11.0 Å². The highest BCUT2D eigenvalue weighted by molar-refractivity contribution is 7.66. The van der Waals surface area contributed by atoms with Crippen molar-refractivity contribution in [3.63, 3.8) is 0 Å². The molecule has 0 fully saturated rings. The van der Waals surface area contributed by atoms with Crippen LogP contribution in [-0.4, -0.2) is 10.7 Å². The summed E-state index contributed by atoms with van der Waals surface area (Å²) in [5.41, 5.74) is 6.87. The molecule has 0 aromatic heterocycles. The molecule has 0 aliphatic rings. The van der Waals surface area contributed by atoms with Crippen LogP contribution in [0.1, 0.15) is 5.56 Å². The largest absolute Gasteiger partial charge is 0.340 e. The van der Waals surface area contributed by atoms with Gasteiger partial charge in [-0.3, -0.25) is 4.57 Å². The molecule has 94 valence electrons. The van der Waals surface area contributed by atoms with Gasteiger partial charge in [-0.05, 0) is 24.1 Å². The molecule has 0 bridgehead atoms. The van der Waals surface area contributed by atoms with Crippen LogP contribution in [0.25, 0.3) is 0 Å². The Morgan fingerprint density at radius 2 is 1.50 bits per heavy atom. The molecule has 2 rings (SSSR count). The number of rotatable bonds is 4. The fourth-order valence-corrected chi connectivity index (χ4v) is 3.25. The van der Waals surface area contributed by atoms with Crippen molar-refractivity contribution in [2.24, 2.45) is 5.73 Å². The van der Waals surface area contributed by atoms with Gasteiger partial charge in [-0.1, -0.05) is 48.5 Å². The Kier molecular flexibility index (Phi) is 3.97. The van der Waals surface area contributed by atoms with Crippen molar-refractivity contribution in [3.8, 4) is 0 Å². The Morgan fingerprint density at radius 3 is 2.06 bits per heavy atom. The van der Waals surface area contributed by atoms with Crippen molar-refractivity contribution in [3.05, 3.63) is 66.2 Å². The molecule has 0 saturated carbocycles. The number of hydrogen-bond acceptors (Lipinski definition) is 2. The van der Waals surface area contributed by atoms with E-state index in [9.17, 15) is 9.46 Å². The van der Waals surface area contributed by atoms with Crippen molar-refractivity contribution < 1.29 is 9.46 Å². The fraction of sp³-hybridized carbons (Fsp3) is 0.143. The Labute approximate surface area is 107 Å². The Hall–Kier alpha value is -1.41. The van der Waals surface area contributed by atoms with Crippen LogP contribution in [0, 0.1) is 0 Å². The lowest BCUT2D eigenvalue weighted by Crippen LogP contribution is -2.27. The van der Waals surface area contributed by atoms with E-state index in [4.69, 9.17) is 5.73 Å². The third-order valence-corrected chi connectivity index (χ3v) is 4.98. The highest BCUT2D eigenvalue weighted by Crippen LogP contribution is 2.43. The number of benzene rings is 2. The second-order valence-electron chi connectivity index (χ2n) is 4.22. The molecule has 3 nitrogen and oxygen atoms in total. The van der Waals surface area contributed by atoms with Gasteiger partial charge >= 0.3 is 0 Å². The fourth-order valence-electron chi connectivity index (χ4n) is 1.81. The van der Waals surface area contributed by atoms with E-state index in [1.165, 1.54) is 0 Å². The minimum absolute atomic E-state index is 0.392. The van der Waals surface area contributed by atoms with Crippen molar-refractivity contribution in [1.82, 2.24) is 0 Å². The predicted octanol–water partition coefficient (Wildman–Crippen LogP) is 2.11. The van der Waals surface area contributed by atoms with Gasteiger partial charge in [-0.15, -0.1) is 0 Å². The molecule has 0 aliphatic heterocycles. The summed E-state index contributed by atoms with van der Waals surface area (Å²) < 4.78 is 12.4. The van der Waals surface area contributed by atoms with E-state index in [1.807, 2.05) is 36.4 Å². The molecule has 18 heavy (non-hydrogen) atoms. The molecule has 0 radical (unpaired) electrons. The Balaban J connectivity index is 2.18. The maximum absolute atomic E-state index is 12.4. The molecular formula is C14H16NO2P. The first-order chi connectivity index (χ1) is 8.60. The van der Waals surface area contributed by atoms with Crippen LogP contribution in [0.2, 0.25) is 0 Å².